The third-order valence-electron chi connectivity index (χ3n) is 11.7. The van der Waals surface area contributed by atoms with Crippen molar-refractivity contribution in [3.8, 4) is 57.4 Å². The second kappa shape index (κ2) is 14.5. The molecule has 11 rings (SSSR count). The second-order valence-corrected chi connectivity index (χ2v) is 15.1. The first-order chi connectivity index (χ1) is 30.6. The van der Waals surface area contributed by atoms with Gasteiger partial charge >= 0.3 is 0 Å². The predicted molar refractivity (Wildman–Crippen MR) is 251 cm³/mol. The van der Waals surface area contributed by atoms with Crippen LogP contribution in [0.4, 0.5) is 0 Å². The summed E-state index contributed by atoms with van der Waals surface area (Å²) in [7, 11) is 0. The Kier molecular flexibility index (Phi) is 8.49. The van der Waals surface area contributed by atoms with E-state index in [1.807, 2.05) is 134 Å². The van der Waals surface area contributed by atoms with E-state index < -0.39 is 0 Å². The summed E-state index contributed by atoms with van der Waals surface area (Å²) in [6.07, 6.45) is 6.11. The molecule has 0 saturated carbocycles. The van der Waals surface area contributed by atoms with Crippen molar-refractivity contribution in [1.82, 2.24) is 19.1 Å². The summed E-state index contributed by atoms with van der Waals surface area (Å²) in [4.78, 5) is 10.2. The molecule has 4 aromatic heterocycles. The quantitative estimate of drug-likeness (QED) is 0.160. The first-order valence-corrected chi connectivity index (χ1v) is 20.4. The van der Waals surface area contributed by atoms with Crippen LogP contribution in [0.25, 0.3) is 112 Å². The van der Waals surface area contributed by atoms with Crippen molar-refractivity contribution < 1.29 is 4.42 Å². The van der Waals surface area contributed by atoms with E-state index in [0.29, 0.717) is 50.7 Å². The van der Waals surface area contributed by atoms with Gasteiger partial charge in [0.1, 0.15) is 28.9 Å². The number of nitriles is 2. The van der Waals surface area contributed by atoms with E-state index >= 15 is 0 Å². The van der Waals surface area contributed by atoms with Crippen LogP contribution in [0.3, 0.4) is 0 Å². The molecular formula is C55H34N6O. The molecule has 0 amide bonds. The van der Waals surface area contributed by atoms with E-state index in [0.717, 1.165) is 71.6 Å². The summed E-state index contributed by atoms with van der Waals surface area (Å²) in [5.74, 6) is 0.411. The minimum atomic E-state index is 0.309. The highest BCUT2D eigenvalue weighted by molar-refractivity contribution is 6.15. The fourth-order valence-corrected chi connectivity index (χ4v) is 9.04. The fourth-order valence-electron chi connectivity index (χ4n) is 9.04. The van der Waals surface area contributed by atoms with Crippen LogP contribution in [-0.4, -0.2) is 19.1 Å². The lowest BCUT2D eigenvalue weighted by Gasteiger charge is -2.15. The molecular weight excluding hydrogens is 761 g/mol. The zero-order chi connectivity index (χ0) is 41.9. The molecule has 290 valence electrons. The van der Waals surface area contributed by atoms with E-state index in [-0.39, 0.29) is 0 Å². The molecule has 0 aliphatic carbocycles. The van der Waals surface area contributed by atoms with Crippen molar-refractivity contribution in [2.45, 2.75) is 6.92 Å². The van der Waals surface area contributed by atoms with Gasteiger partial charge in [0, 0.05) is 49.3 Å². The van der Waals surface area contributed by atoms with Gasteiger partial charge in [0.15, 0.2) is 5.82 Å². The van der Waals surface area contributed by atoms with Gasteiger partial charge in [-0.1, -0.05) is 122 Å². The number of allylic oxidation sites excluding steroid dienone is 1. The van der Waals surface area contributed by atoms with Crippen molar-refractivity contribution >= 4 is 66.8 Å². The lowest BCUT2D eigenvalue weighted by atomic mass is 9.98. The van der Waals surface area contributed by atoms with Crippen molar-refractivity contribution in [2.24, 2.45) is 0 Å². The third kappa shape index (κ3) is 5.50. The van der Waals surface area contributed by atoms with Crippen LogP contribution in [0.1, 0.15) is 29.3 Å². The Hall–Kier alpha value is -8.78. The summed E-state index contributed by atoms with van der Waals surface area (Å²) < 4.78 is 10.9. The zero-order valence-electron chi connectivity index (χ0n) is 33.5. The highest BCUT2D eigenvalue weighted by atomic mass is 16.3. The maximum atomic E-state index is 11.0. The molecule has 4 heterocycles. The van der Waals surface area contributed by atoms with Gasteiger partial charge < -0.3 is 13.6 Å². The van der Waals surface area contributed by atoms with Crippen LogP contribution in [-0.2, 0) is 0 Å². The lowest BCUT2D eigenvalue weighted by molar-refractivity contribution is 0.669. The molecule has 0 radical (unpaired) electrons. The van der Waals surface area contributed by atoms with E-state index in [9.17, 15) is 10.5 Å². The maximum absolute atomic E-state index is 11.0. The van der Waals surface area contributed by atoms with Crippen LogP contribution in [0.15, 0.2) is 175 Å². The number of para-hydroxylation sites is 4. The standard InChI is InChI=1S/C55H34N6O/c1-3-16-47-38(4-2)43-30-44-39-21-11-13-25-48(39)61(50(44)31-49(43)60(47)37-19-9-6-10-20-37)46-28-27-35(29-36(46)32-56)53-45(33-57)52(34-17-7-5-8-18-34)58-55(59-53)42-24-15-23-41-40-22-12-14-26-51(40)62-54(41)42/h3-31H,2H2,1H3/b16-3-. The van der Waals surface area contributed by atoms with Gasteiger partial charge in [0.25, 0.3) is 0 Å². The molecule has 0 fully saturated rings. The van der Waals surface area contributed by atoms with Crippen LogP contribution >= 0.6 is 0 Å². The Bertz CT molecular complexity index is 3740. The summed E-state index contributed by atoms with van der Waals surface area (Å²) in [5, 5.41) is 27.0. The molecule has 0 spiro atoms. The molecule has 7 aromatic carbocycles. The molecule has 0 aliphatic heterocycles. The van der Waals surface area contributed by atoms with Gasteiger partial charge in [-0.3, -0.25) is 0 Å². The molecule has 62 heavy (non-hydrogen) atoms. The number of nitrogens with zero attached hydrogens (tertiary/aromatic N) is 6. The monoisotopic (exact) mass is 794 g/mol. The molecule has 0 unspecified atom stereocenters. The number of fused-ring (bicyclic) bond motifs is 7. The van der Waals surface area contributed by atoms with Gasteiger partial charge in [0.05, 0.1) is 50.4 Å². The Morgan fingerprint density at radius 3 is 2.05 bits per heavy atom. The average molecular weight is 795 g/mol. The van der Waals surface area contributed by atoms with Crippen molar-refractivity contribution in [3.05, 3.63) is 193 Å². The average Bonchev–Trinajstić information content (AvgIpc) is 3.97. The Balaban J connectivity index is 1.16. The highest BCUT2D eigenvalue weighted by Crippen LogP contribution is 2.42. The minimum absolute atomic E-state index is 0.309. The van der Waals surface area contributed by atoms with Crippen LogP contribution in [0.5, 0.6) is 0 Å². The molecule has 0 saturated heterocycles. The van der Waals surface area contributed by atoms with Crippen molar-refractivity contribution in [3.63, 3.8) is 0 Å². The normalized spacial score (nSPS) is 11.6. The summed E-state index contributed by atoms with van der Waals surface area (Å²) in [5.41, 5.74) is 11.9. The molecule has 7 heteroatoms. The zero-order valence-corrected chi connectivity index (χ0v) is 33.5. The molecule has 0 aliphatic rings. The van der Waals surface area contributed by atoms with Crippen molar-refractivity contribution in [2.75, 3.05) is 0 Å². The Morgan fingerprint density at radius 2 is 1.29 bits per heavy atom. The van der Waals surface area contributed by atoms with Crippen LogP contribution in [0, 0.1) is 22.7 Å². The van der Waals surface area contributed by atoms with Gasteiger partial charge in [-0.25, -0.2) is 9.97 Å². The maximum Gasteiger partial charge on any atom is 0.164 e. The second-order valence-electron chi connectivity index (χ2n) is 15.1. The number of aromatic nitrogens is 4. The predicted octanol–water partition coefficient (Wildman–Crippen LogP) is 13.8. The highest BCUT2D eigenvalue weighted by Gasteiger charge is 2.24. The van der Waals surface area contributed by atoms with E-state index in [1.165, 1.54) is 0 Å². The number of benzene rings is 7. The Labute approximate surface area is 356 Å². The summed E-state index contributed by atoms with van der Waals surface area (Å²) >= 11 is 0. The van der Waals surface area contributed by atoms with E-state index in [2.05, 4.69) is 76.4 Å². The number of furan rings is 1. The summed E-state index contributed by atoms with van der Waals surface area (Å²) in [6.45, 7) is 6.26. The molecule has 7 nitrogen and oxygen atoms in total. The SMILES string of the molecule is C=Cc1c(/C=C\C)n(-c2ccccc2)c2cc3c(cc12)c1ccccc1n3-c1ccc(-c2nc(-c3cccc4c3oc3ccccc34)nc(-c3ccccc3)c2C#N)cc1C#N. The smallest absolute Gasteiger partial charge is 0.164 e. The number of rotatable bonds is 7. The van der Waals surface area contributed by atoms with E-state index in [4.69, 9.17) is 14.4 Å². The third-order valence-corrected chi connectivity index (χ3v) is 11.7. The first-order valence-electron chi connectivity index (χ1n) is 20.4. The van der Waals surface area contributed by atoms with Gasteiger partial charge in [0.2, 0.25) is 0 Å². The largest absolute Gasteiger partial charge is 0.455 e. The van der Waals surface area contributed by atoms with Crippen LogP contribution in [0.2, 0.25) is 0 Å². The fraction of sp³-hybridized carbons (Fsp3) is 0.0182. The first kappa shape index (κ1) is 36.3. The molecule has 0 bridgehead atoms. The van der Waals surface area contributed by atoms with Crippen molar-refractivity contribution in [1.29, 1.82) is 10.5 Å². The van der Waals surface area contributed by atoms with E-state index in [1.54, 1.807) is 0 Å². The molecule has 0 atom stereocenters. The molecule has 0 N–H and O–H groups in total. The number of hydrogen-bond donors (Lipinski definition) is 0. The van der Waals surface area contributed by atoms with Gasteiger partial charge in [-0.2, -0.15) is 10.5 Å². The lowest BCUT2D eigenvalue weighted by Crippen LogP contribution is -2.03. The number of hydrogen-bond acceptors (Lipinski definition) is 5. The minimum Gasteiger partial charge on any atom is -0.455 e. The Morgan fingerprint density at radius 1 is 0.597 bits per heavy atom. The van der Waals surface area contributed by atoms with Crippen LogP contribution < -0.4 is 0 Å². The van der Waals surface area contributed by atoms with Gasteiger partial charge in [-0.05, 0) is 67.6 Å². The molecule has 11 aromatic rings. The summed E-state index contributed by atoms with van der Waals surface area (Å²) in [6, 6.07) is 57.4. The topological polar surface area (TPSA) is 96.4 Å². The van der Waals surface area contributed by atoms with Gasteiger partial charge in [-0.15, -0.1) is 0 Å².